The fourth-order valence-electron chi connectivity index (χ4n) is 2.32. The number of anilines is 2. The number of esters is 1. The predicted octanol–water partition coefficient (Wildman–Crippen LogP) is 0.643. The van der Waals surface area contributed by atoms with E-state index in [4.69, 9.17) is 15.2 Å². The number of nitrogens with two attached hydrogens (primary N) is 1. The molecule has 1 aromatic carbocycles. The topological polar surface area (TPSA) is 85.0 Å². The highest BCUT2D eigenvalue weighted by atomic mass is 16.5. The summed E-state index contributed by atoms with van der Waals surface area (Å²) in [7, 11) is 0. The number of benzene rings is 1. The molecule has 0 bridgehead atoms. The Balaban J connectivity index is 2.31. The summed E-state index contributed by atoms with van der Waals surface area (Å²) in [6, 6.07) is 5.18. The fraction of sp³-hybridized carbons (Fsp3) is 0.500. The molecule has 1 saturated heterocycles. The second-order valence-corrected chi connectivity index (χ2v) is 4.59. The van der Waals surface area contributed by atoms with Crippen LogP contribution in [0.15, 0.2) is 18.2 Å². The van der Waals surface area contributed by atoms with Gasteiger partial charge in [-0.2, -0.15) is 0 Å². The average molecular weight is 280 g/mol. The first-order valence-electron chi connectivity index (χ1n) is 6.70. The molecule has 0 aromatic heterocycles. The van der Waals surface area contributed by atoms with Gasteiger partial charge >= 0.3 is 5.97 Å². The molecule has 1 aliphatic rings. The molecular weight excluding hydrogens is 260 g/mol. The van der Waals surface area contributed by atoms with Crippen LogP contribution in [0, 0.1) is 0 Å². The van der Waals surface area contributed by atoms with Crippen LogP contribution >= 0.6 is 0 Å². The summed E-state index contributed by atoms with van der Waals surface area (Å²) in [4.78, 5) is 14.0. The molecule has 1 fully saturated rings. The maximum absolute atomic E-state index is 12.0. The quantitative estimate of drug-likeness (QED) is 0.622. The molecular formula is C14H20N2O4. The molecule has 0 aliphatic carbocycles. The second kappa shape index (κ2) is 6.58. The average Bonchev–Trinajstić information content (AvgIpc) is 2.47. The van der Waals surface area contributed by atoms with Crippen molar-refractivity contribution in [3.8, 4) is 0 Å². The van der Waals surface area contributed by atoms with Gasteiger partial charge in [0.15, 0.2) is 0 Å². The number of nitrogen functional groups attached to an aromatic ring is 1. The molecule has 1 atom stereocenters. The van der Waals surface area contributed by atoms with Gasteiger partial charge in [-0.05, 0) is 19.1 Å². The Kier molecular flexibility index (Phi) is 4.81. The van der Waals surface area contributed by atoms with Gasteiger partial charge in [-0.25, -0.2) is 4.79 Å². The van der Waals surface area contributed by atoms with E-state index in [0.717, 1.165) is 0 Å². The van der Waals surface area contributed by atoms with Gasteiger partial charge in [0, 0.05) is 13.1 Å². The van der Waals surface area contributed by atoms with E-state index in [0.29, 0.717) is 43.2 Å². The highest BCUT2D eigenvalue weighted by Crippen LogP contribution is 2.30. The molecule has 1 aliphatic heterocycles. The van der Waals surface area contributed by atoms with Crippen LogP contribution in [0.2, 0.25) is 0 Å². The molecule has 110 valence electrons. The molecule has 6 heteroatoms. The van der Waals surface area contributed by atoms with E-state index in [1.807, 2.05) is 4.90 Å². The van der Waals surface area contributed by atoms with Crippen LogP contribution in [-0.4, -0.2) is 50.1 Å². The second-order valence-electron chi connectivity index (χ2n) is 4.59. The highest BCUT2D eigenvalue weighted by molar-refractivity contribution is 5.99. The number of hydrogen-bond acceptors (Lipinski definition) is 6. The third kappa shape index (κ3) is 3.02. The Labute approximate surface area is 118 Å². The maximum Gasteiger partial charge on any atom is 0.340 e. The van der Waals surface area contributed by atoms with E-state index < -0.39 is 0 Å². The number of para-hydroxylation sites is 1. The Bertz CT molecular complexity index is 478. The third-order valence-corrected chi connectivity index (χ3v) is 3.22. The van der Waals surface area contributed by atoms with Gasteiger partial charge in [0.25, 0.3) is 0 Å². The number of carbonyl (C=O) groups is 1. The molecule has 1 heterocycles. The number of aliphatic hydroxyl groups excluding tert-OH is 1. The third-order valence-electron chi connectivity index (χ3n) is 3.22. The van der Waals surface area contributed by atoms with Gasteiger partial charge in [-0.1, -0.05) is 6.07 Å². The molecule has 6 nitrogen and oxygen atoms in total. The SMILES string of the molecule is CCOC(=O)c1cccc(N)c1N1CCOC(CO)C1. The lowest BCUT2D eigenvalue weighted by molar-refractivity contribution is 0.00350. The van der Waals surface area contributed by atoms with Gasteiger partial charge in [-0.3, -0.25) is 0 Å². The summed E-state index contributed by atoms with van der Waals surface area (Å²) in [5.74, 6) is -0.387. The van der Waals surface area contributed by atoms with Crippen molar-refractivity contribution in [3.05, 3.63) is 23.8 Å². The van der Waals surface area contributed by atoms with Crippen LogP contribution in [0.25, 0.3) is 0 Å². The number of nitrogens with zero attached hydrogens (tertiary/aromatic N) is 1. The normalized spacial score (nSPS) is 18.9. The van der Waals surface area contributed by atoms with E-state index in [1.54, 1.807) is 25.1 Å². The largest absolute Gasteiger partial charge is 0.462 e. The van der Waals surface area contributed by atoms with Crippen molar-refractivity contribution in [3.63, 3.8) is 0 Å². The number of carbonyl (C=O) groups excluding carboxylic acids is 1. The van der Waals surface area contributed by atoms with Crippen molar-refractivity contribution >= 4 is 17.3 Å². The molecule has 2 rings (SSSR count). The minimum absolute atomic E-state index is 0.0576. The van der Waals surface area contributed by atoms with E-state index in [2.05, 4.69) is 0 Å². The lowest BCUT2D eigenvalue weighted by atomic mass is 10.1. The van der Waals surface area contributed by atoms with Gasteiger partial charge < -0.3 is 25.2 Å². The van der Waals surface area contributed by atoms with Crippen LogP contribution in [0.5, 0.6) is 0 Å². The summed E-state index contributed by atoms with van der Waals surface area (Å²) in [6.45, 7) is 3.63. The Morgan fingerprint density at radius 2 is 2.40 bits per heavy atom. The summed E-state index contributed by atoms with van der Waals surface area (Å²) in [5.41, 5.74) is 7.65. The highest BCUT2D eigenvalue weighted by Gasteiger charge is 2.25. The Morgan fingerprint density at radius 1 is 1.60 bits per heavy atom. The minimum atomic E-state index is -0.387. The van der Waals surface area contributed by atoms with Crippen LogP contribution < -0.4 is 10.6 Å². The van der Waals surface area contributed by atoms with Crippen LogP contribution in [0.3, 0.4) is 0 Å². The first-order chi connectivity index (χ1) is 9.67. The van der Waals surface area contributed by atoms with Gasteiger partial charge in [0.1, 0.15) is 0 Å². The van der Waals surface area contributed by atoms with E-state index >= 15 is 0 Å². The summed E-state index contributed by atoms with van der Waals surface area (Å²) >= 11 is 0. The van der Waals surface area contributed by atoms with Crippen molar-refractivity contribution in [1.29, 1.82) is 0 Å². The van der Waals surface area contributed by atoms with Crippen molar-refractivity contribution in [2.45, 2.75) is 13.0 Å². The van der Waals surface area contributed by atoms with Gasteiger partial charge in [0.2, 0.25) is 0 Å². The van der Waals surface area contributed by atoms with Crippen molar-refractivity contribution in [2.24, 2.45) is 0 Å². The number of rotatable bonds is 4. The number of morpholine rings is 1. The zero-order valence-corrected chi connectivity index (χ0v) is 11.5. The van der Waals surface area contributed by atoms with E-state index in [-0.39, 0.29) is 18.7 Å². The standard InChI is InChI=1S/C14H20N2O4/c1-2-19-14(18)11-4-3-5-12(15)13(11)16-6-7-20-10(8-16)9-17/h3-5,10,17H,2,6-9,15H2,1H3. The number of hydrogen-bond donors (Lipinski definition) is 2. The van der Waals surface area contributed by atoms with Crippen molar-refractivity contribution < 1.29 is 19.4 Å². The summed E-state index contributed by atoms with van der Waals surface area (Å²) in [6.07, 6.45) is -0.265. The molecule has 0 spiro atoms. The predicted molar refractivity (Wildman–Crippen MR) is 75.8 cm³/mol. The number of aliphatic hydroxyl groups is 1. The van der Waals surface area contributed by atoms with Crippen LogP contribution in [-0.2, 0) is 9.47 Å². The lowest BCUT2D eigenvalue weighted by Gasteiger charge is -2.35. The monoisotopic (exact) mass is 280 g/mol. The van der Waals surface area contributed by atoms with E-state index in [1.165, 1.54) is 0 Å². The lowest BCUT2D eigenvalue weighted by Crippen LogP contribution is -2.45. The van der Waals surface area contributed by atoms with Crippen LogP contribution in [0.1, 0.15) is 17.3 Å². The van der Waals surface area contributed by atoms with Gasteiger partial charge in [-0.15, -0.1) is 0 Å². The molecule has 0 saturated carbocycles. The zero-order valence-electron chi connectivity index (χ0n) is 11.5. The van der Waals surface area contributed by atoms with Crippen molar-refractivity contribution in [2.75, 3.05) is 43.5 Å². The van der Waals surface area contributed by atoms with Crippen molar-refractivity contribution in [1.82, 2.24) is 0 Å². The molecule has 0 amide bonds. The molecule has 0 radical (unpaired) electrons. The first-order valence-corrected chi connectivity index (χ1v) is 6.70. The Hall–Kier alpha value is -1.79. The summed E-state index contributed by atoms with van der Waals surface area (Å²) < 4.78 is 10.5. The van der Waals surface area contributed by atoms with Crippen LogP contribution in [0.4, 0.5) is 11.4 Å². The number of ether oxygens (including phenoxy) is 2. The first kappa shape index (κ1) is 14.6. The molecule has 1 unspecified atom stereocenters. The smallest absolute Gasteiger partial charge is 0.340 e. The maximum atomic E-state index is 12.0. The zero-order chi connectivity index (χ0) is 14.5. The van der Waals surface area contributed by atoms with E-state index in [9.17, 15) is 9.90 Å². The minimum Gasteiger partial charge on any atom is -0.462 e. The molecule has 1 aromatic rings. The summed E-state index contributed by atoms with van der Waals surface area (Å²) in [5, 5.41) is 9.21. The molecule has 20 heavy (non-hydrogen) atoms. The fourth-order valence-corrected chi connectivity index (χ4v) is 2.32. The van der Waals surface area contributed by atoms with Gasteiger partial charge in [0.05, 0.1) is 42.9 Å². The Morgan fingerprint density at radius 3 is 3.10 bits per heavy atom. The molecule has 3 N–H and O–H groups in total.